The van der Waals surface area contributed by atoms with E-state index in [1.54, 1.807) is 72.8 Å². The molecule has 3 amide bonds. The first kappa shape index (κ1) is 28.7. The molecule has 202 valence electrons. The second-order valence-electron chi connectivity index (χ2n) is 8.98. The molecule has 0 aliphatic carbocycles. The SMILES string of the molecule is Cc1ccccc1NC(=O)C(C)Sc1cccc(NC(=O)/C(=C/c2ccc(Cl)cc2)NC(=O)c2ccccc2)c1. The summed E-state index contributed by atoms with van der Waals surface area (Å²) in [6.45, 7) is 3.77. The van der Waals surface area contributed by atoms with Crippen LogP contribution in [0.5, 0.6) is 0 Å². The van der Waals surface area contributed by atoms with Crippen molar-refractivity contribution in [3.05, 3.63) is 131 Å². The Morgan fingerprint density at radius 3 is 2.25 bits per heavy atom. The minimum atomic E-state index is -0.494. The summed E-state index contributed by atoms with van der Waals surface area (Å²) >= 11 is 7.38. The van der Waals surface area contributed by atoms with Gasteiger partial charge < -0.3 is 16.0 Å². The molecule has 6 nitrogen and oxygen atoms in total. The third-order valence-electron chi connectivity index (χ3n) is 5.89. The first-order chi connectivity index (χ1) is 19.3. The van der Waals surface area contributed by atoms with E-state index < -0.39 is 11.8 Å². The Morgan fingerprint density at radius 2 is 1.52 bits per heavy atom. The van der Waals surface area contributed by atoms with Crippen LogP contribution in [0, 0.1) is 6.92 Å². The second kappa shape index (κ2) is 13.6. The molecule has 1 unspecified atom stereocenters. The molecule has 0 saturated carbocycles. The summed E-state index contributed by atoms with van der Waals surface area (Å²) in [4.78, 5) is 39.8. The van der Waals surface area contributed by atoms with Crippen molar-refractivity contribution in [2.75, 3.05) is 10.6 Å². The van der Waals surface area contributed by atoms with Crippen molar-refractivity contribution in [1.82, 2.24) is 5.32 Å². The van der Waals surface area contributed by atoms with Gasteiger partial charge in [-0.25, -0.2) is 0 Å². The molecule has 8 heteroatoms. The fourth-order valence-electron chi connectivity index (χ4n) is 3.72. The van der Waals surface area contributed by atoms with Crippen LogP contribution in [0.25, 0.3) is 6.08 Å². The fraction of sp³-hybridized carbons (Fsp3) is 0.0938. The number of aryl methyl sites for hydroxylation is 1. The molecule has 1 atom stereocenters. The molecule has 0 saturated heterocycles. The van der Waals surface area contributed by atoms with E-state index in [0.717, 1.165) is 16.1 Å². The lowest BCUT2D eigenvalue weighted by Crippen LogP contribution is -2.30. The smallest absolute Gasteiger partial charge is 0.272 e. The van der Waals surface area contributed by atoms with Crippen LogP contribution in [-0.2, 0) is 9.59 Å². The number of hydrogen-bond acceptors (Lipinski definition) is 4. The molecule has 0 bridgehead atoms. The van der Waals surface area contributed by atoms with Gasteiger partial charge in [-0.2, -0.15) is 0 Å². The minimum Gasteiger partial charge on any atom is -0.325 e. The van der Waals surface area contributed by atoms with Crippen molar-refractivity contribution in [2.24, 2.45) is 0 Å². The van der Waals surface area contributed by atoms with Gasteiger partial charge >= 0.3 is 0 Å². The summed E-state index contributed by atoms with van der Waals surface area (Å²) in [7, 11) is 0. The van der Waals surface area contributed by atoms with Crippen molar-refractivity contribution < 1.29 is 14.4 Å². The molecule has 0 radical (unpaired) electrons. The van der Waals surface area contributed by atoms with E-state index in [1.807, 2.05) is 50.2 Å². The molecule has 0 aliphatic rings. The number of carbonyl (C=O) groups excluding carboxylic acids is 3. The number of hydrogen-bond donors (Lipinski definition) is 3. The predicted molar refractivity (Wildman–Crippen MR) is 164 cm³/mol. The van der Waals surface area contributed by atoms with Gasteiger partial charge in [0, 0.05) is 26.9 Å². The maximum atomic E-state index is 13.3. The maximum absolute atomic E-state index is 13.3. The molecule has 4 rings (SSSR count). The zero-order valence-electron chi connectivity index (χ0n) is 22.0. The number of thioether (sulfide) groups is 1. The van der Waals surface area contributed by atoms with Gasteiger partial charge in [-0.15, -0.1) is 11.8 Å². The molecule has 0 aliphatic heterocycles. The van der Waals surface area contributed by atoms with Gasteiger partial charge in [0.2, 0.25) is 5.91 Å². The third kappa shape index (κ3) is 8.09. The quantitative estimate of drug-likeness (QED) is 0.147. The lowest BCUT2D eigenvalue weighted by atomic mass is 10.1. The summed E-state index contributed by atoms with van der Waals surface area (Å²) < 4.78 is 0. The van der Waals surface area contributed by atoms with E-state index in [-0.39, 0.29) is 16.9 Å². The highest BCUT2D eigenvalue weighted by Gasteiger charge is 2.18. The fourth-order valence-corrected chi connectivity index (χ4v) is 4.77. The zero-order valence-corrected chi connectivity index (χ0v) is 23.6. The largest absolute Gasteiger partial charge is 0.325 e. The predicted octanol–water partition coefficient (Wildman–Crippen LogP) is 7.18. The first-order valence-electron chi connectivity index (χ1n) is 12.6. The summed E-state index contributed by atoms with van der Waals surface area (Å²) in [5, 5.41) is 8.73. The van der Waals surface area contributed by atoms with Crippen LogP contribution >= 0.6 is 23.4 Å². The van der Waals surface area contributed by atoms with Gasteiger partial charge in [-0.05, 0) is 79.6 Å². The minimum absolute atomic E-state index is 0.0696. The summed E-state index contributed by atoms with van der Waals surface area (Å²) in [5.74, 6) is -1.02. The molecular formula is C32H28ClN3O3S. The van der Waals surface area contributed by atoms with Crippen LogP contribution < -0.4 is 16.0 Å². The standard InChI is InChI=1S/C32H28ClN3O3S/c1-21-9-6-7-14-28(21)35-30(37)22(2)40-27-13-8-12-26(20-27)34-32(39)29(19-23-15-17-25(33)18-16-23)36-31(38)24-10-4-3-5-11-24/h3-20,22H,1-2H3,(H,34,39)(H,35,37)(H,36,38)/b29-19-. The van der Waals surface area contributed by atoms with E-state index in [1.165, 1.54) is 11.8 Å². The molecular weight excluding hydrogens is 542 g/mol. The Hall–Kier alpha value is -4.33. The Balaban J connectivity index is 1.48. The number of carbonyl (C=O) groups is 3. The van der Waals surface area contributed by atoms with E-state index in [2.05, 4.69) is 16.0 Å². The van der Waals surface area contributed by atoms with Crippen molar-refractivity contribution in [3.63, 3.8) is 0 Å². The zero-order chi connectivity index (χ0) is 28.5. The van der Waals surface area contributed by atoms with Gasteiger partial charge in [-0.3, -0.25) is 14.4 Å². The number of para-hydroxylation sites is 1. The van der Waals surface area contributed by atoms with E-state index in [9.17, 15) is 14.4 Å². The highest BCUT2D eigenvalue weighted by atomic mass is 35.5. The normalized spacial score (nSPS) is 11.8. The highest BCUT2D eigenvalue weighted by molar-refractivity contribution is 8.00. The molecule has 0 fully saturated rings. The van der Waals surface area contributed by atoms with Crippen LogP contribution in [-0.4, -0.2) is 23.0 Å². The van der Waals surface area contributed by atoms with Crippen molar-refractivity contribution in [2.45, 2.75) is 24.0 Å². The molecule has 0 aromatic heterocycles. The lowest BCUT2D eigenvalue weighted by Gasteiger charge is -2.15. The van der Waals surface area contributed by atoms with Crippen LogP contribution in [0.3, 0.4) is 0 Å². The topological polar surface area (TPSA) is 87.3 Å². The molecule has 4 aromatic carbocycles. The van der Waals surface area contributed by atoms with Crippen molar-refractivity contribution >= 4 is 58.5 Å². The van der Waals surface area contributed by atoms with E-state index >= 15 is 0 Å². The number of nitrogens with one attached hydrogen (secondary N) is 3. The average molecular weight is 570 g/mol. The van der Waals surface area contributed by atoms with Gasteiger partial charge in [0.05, 0.1) is 5.25 Å². The van der Waals surface area contributed by atoms with Crippen LogP contribution in [0.15, 0.2) is 114 Å². The van der Waals surface area contributed by atoms with Gasteiger partial charge in [0.1, 0.15) is 5.70 Å². The van der Waals surface area contributed by atoms with Crippen LogP contribution in [0.4, 0.5) is 11.4 Å². The molecule has 4 aromatic rings. The third-order valence-corrected chi connectivity index (χ3v) is 7.23. The summed E-state index contributed by atoms with van der Waals surface area (Å²) in [6.07, 6.45) is 1.59. The monoisotopic (exact) mass is 569 g/mol. The molecule has 3 N–H and O–H groups in total. The highest BCUT2D eigenvalue weighted by Crippen LogP contribution is 2.27. The van der Waals surface area contributed by atoms with Crippen molar-refractivity contribution in [1.29, 1.82) is 0 Å². The van der Waals surface area contributed by atoms with Gasteiger partial charge in [0.25, 0.3) is 11.8 Å². The van der Waals surface area contributed by atoms with Crippen LogP contribution in [0.1, 0.15) is 28.4 Å². The molecule has 0 heterocycles. The van der Waals surface area contributed by atoms with E-state index in [4.69, 9.17) is 11.6 Å². The van der Waals surface area contributed by atoms with Crippen molar-refractivity contribution in [3.8, 4) is 0 Å². The maximum Gasteiger partial charge on any atom is 0.272 e. The van der Waals surface area contributed by atoms with Gasteiger partial charge in [-0.1, -0.05) is 66.2 Å². The Kier molecular flexibility index (Phi) is 9.78. The van der Waals surface area contributed by atoms with E-state index in [0.29, 0.717) is 21.8 Å². The number of anilines is 2. The Morgan fingerprint density at radius 1 is 0.825 bits per heavy atom. The Bertz CT molecular complexity index is 1540. The lowest BCUT2D eigenvalue weighted by molar-refractivity contribution is -0.115. The van der Waals surface area contributed by atoms with Gasteiger partial charge in [0.15, 0.2) is 0 Å². The molecule has 40 heavy (non-hydrogen) atoms. The number of rotatable bonds is 9. The first-order valence-corrected chi connectivity index (χ1v) is 13.8. The number of benzene rings is 4. The molecule has 0 spiro atoms. The average Bonchev–Trinajstić information content (AvgIpc) is 2.95. The second-order valence-corrected chi connectivity index (χ2v) is 10.8. The summed E-state index contributed by atoms with van der Waals surface area (Å²) in [6, 6.07) is 30.4. The number of halogens is 1. The Labute approximate surface area is 242 Å². The number of amides is 3. The van der Waals surface area contributed by atoms with Crippen LogP contribution in [0.2, 0.25) is 5.02 Å². The summed E-state index contributed by atoms with van der Waals surface area (Å²) in [5.41, 5.74) is 3.48.